The maximum atomic E-state index is 11.9. The maximum Gasteiger partial charge on any atom is 0.253 e. The third-order valence-electron chi connectivity index (χ3n) is 2.50. The van der Waals surface area contributed by atoms with Crippen molar-refractivity contribution in [2.24, 2.45) is 5.73 Å². The molecule has 8 heteroatoms. The second-order valence-corrected chi connectivity index (χ2v) is 6.01. The lowest BCUT2D eigenvalue weighted by Gasteiger charge is -2.13. The SMILES string of the molecule is CC(C#N)S(=O)(=O)Nc1ccccc1C(=O)NCCN. The van der Waals surface area contributed by atoms with Crippen LogP contribution in [0.3, 0.4) is 0 Å². The molecule has 0 spiro atoms. The summed E-state index contributed by atoms with van der Waals surface area (Å²) in [5.41, 5.74) is 5.59. The van der Waals surface area contributed by atoms with E-state index < -0.39 is 21.2 Å². The molecule has 0 fully saturated rings. The zero-order valence-electron chi connectivity index (χ0n) is 11.0. The number of sulfonamides is 1. The molecule has 20 heavy (non-hydrogen) atoms. The monoisotopic (exact) mass is 296 g/mol. The average molecular weight is 296 g/mol. The van der Waals surface area contributed by atoms with E-state index in [-0.39, 0.29) is 24.3 Å². The first-order valence-electron chi connectivity index (χ1n) is 5.91. The van der Waals surface area contributed by atoms with Gasteiger partial charge in [-0.3, -0.25) is 9.52 Å². The summed E-state index contributed by atoms with van der Waals surface area (Å²) in [6.07, 6.45) is 0. The third kappa shape index (κ3) is 3.94. The third-order valence-corrected chi connectivity index (χ3v) is 4.04. The van der Waals surface area contributed by atoms with Crippen molar-refractivity contribution in [3.8, 4) is 6.07 Å². The van der Waals surface area contributed by atoms with Crippen LogP contribution in [-0.2, 0) is 10.0 Å². The molecule has 7 nitrogen and oxygen atoms in total. The first kappa shape index (κ1) is 15.9. The molecule has 1 unspecified atom stereocenters. The van der Waals surface area contributed by atoms with Gasteiger partial charge in [-0.2, -0.15) is 5.26 Å². The highest BCUT2D eigenvalue weighted by Crippen LogP contribution is 2.17. The number of rotatable bonds is 6. The Hall–Kier alpha value is -2.11. The van der Waals surface area contributed by atoms with Crippen LogP contribution in [0.4, 0.5) is 5.69 Å². The fourth-order valence-electron chi connectivity index (χ4n) is 1.36. The van der Waals surface area contributed by atoms with E-state index in [4.69, 9.17) is 11.0 Å². The lowest BCUT2D eigenvalue weighted by molar-refractivity contribution is 0.0955. The topological polar surface area (TPSA) is 125 Å². The van der Waals surface area contributed by atoms with Crippen LogP contribution >= 0.6 is 0 Å². The second-order valence-electron chi connectivity index (χ2n) is 4.01. The van der Waals surface area contributed by atoms with Gasteiger partial charge in [0, 0.05) is 13.1 Å². The smallest absolute Gasteiger partial charge is 0.253 e. The highest BCUT2D eigenvalue weighted by atomic mass is 32.2. The quantitative estimate of drug-likeness (QED) is 0.683. The summed E-state index contributed by atoms with van der Waals surface area (Å²) in [6, 6.07) is 7.79. The van der Waals surface area contributed by atoms with Crippen LogP contribution < -0.4 is 15.8 Å². The molecule has 0 aliphatic rings. The van der Waals surface area contributed by atoms with Crippen molar-refractivity contribution in [3.63, 3.8) is 0 Å². The number of anilines is 1. The number of hydrogen-bond donors (Lipinski definition) is 3. The van der Waals surface area contributed by atoms with E-state index in [1.165, 1.54) is 19.1 Å². The van der Waals surface area contributed by atoms with Crippen LogP contribution in [0.5, 0.6) is 0 Å². The number of carbonyl (C=O) groups is 1. The van der Waals surface area contributed by atoms with E-state index in [0.29, 0.717) is 0 Å². The standard InChI is InChI=1S/C12H16N4O3S/c1-9(8-14)20(18,19)16-11-5-3-2-4-10(11)12(17)15-7-6-13/h2-5,9,16H,6-7,13H2,1H3,(H,15,17). The van der Waals surface area contributed by atoms with Gasteiger partial charge in [-0.05, 0) is 19.1 Å². The van der Waals surface area contributed by atoms with Crippen molar-refractivity contribution in [2.45, 2.75) is 12.2 Å². The molecule has 0 bridgehead atoms. The van der Waals surface area contributed by atoms with E-state index in [9.17, 15) is 13.2 Å². The van der Waals surface area contributed by atoms with Crippen LogP contribution in [0.2, 0.25) is 0 Å². The molecule has 0 aromatic heterocycles. The molecule has 0 heterocycles. The summed E-state index contributed by atoms with van der Waals surface area (Å²) in [5.74, 6) is -0.432. The lowest BCUT2D eigenvalue weighted by atomic mass is 10.1. The minimum absolute atomic E-state index is 0.129. The van der Waals surface area contributed by atoms with E-state index in [1.807, 2.05) is 0 Å². The van der Waals surface area contributed by atoms with Gasteiger partial charge >= 0.3 is 0 Å². The lowest BCUT2D eigenvalue weighted by Crippen LogP contribution is -2.30. The Morgan fingerprint density at radius 3 is 2.70 bits per heavy atom. The summed E-state index contributed by atoms with van der Waals surface area (Å²) >= 11 is 0. The Labute approximate surface area is 117 Å². The molecule has 1 amide bonds. The van der Waals surface area contributed by atoms with E-state index in [0.717, 1.165) is 0 Å². The van der Waals surface area contributed by atoms with Crippen LogP contribution in [0.15, 0.2) is 24.3 Å². The van der Waals surface area contributed by atoms with Gasteiger partial charge in [0.05, 0.1) is 17.3 Å². The van der Waals surface area contributed by atoms with Gasteiger partial charge in [-0.15, -0.1) is 0 Å². The van der Waals surface area contributed by atoms with Crippen molar-refractivity contribution >= 4 is 21.6 Å². The highest BCUT2D eigenvalue weighted by molar-refractivity contribution is 7.93. The Morgan fingerprint density at radius 1 is 1.45 bits per heavy atom. The van der Waals surface area contributed by atoms with Crippen LogP contribution in [0, 0.1) is 11.3 Å². The number of para-hydroxylation sites is 1. The Balaban J connectivity index is 3.03. The van der Waals surface area contributed by atoms with Crippen molar-refractivity contribution in [1.82, 2.24) is 5.32 Å². The Morgan fingerprint density at radius 2 is 2.10 bits per heavy atom. The molecular formula is C12H16N4O3S. The van der Waals surface area contributed by atoms with Crippen molar-refractivity contribution in [3.05, 3.63) is 29.8 Å². The summed E-state index contributed by atoms with van der Waals surface area (Å²) < 4.78 is 25.9. The van der Waals surface area contributed by atoms with Gasteiger partial charge in [-0.1, -0.05) is 12.1 Å². The zero-order valence-corrected chi connectivity index (χ0v) is 11.8. The number of nitrogens with one attached hydrogen (secondary N) is 2. The van der Waals surface area contributed by atoms with Crippen LogP contribution in [0.25, 0.3) is 0 Å². The van der Waals surface area contributed by atoms with Gasteiger partial charge in [0.1, 0.15) is 0 Å². The molecule has 1 rings (SSSR count). The van der Waals surface area contributed by atoms with Crippen molar-refractivity contribution < 1.29 is 13.2 Å². The van der Waals surface area contributed by atoms with Gasteiger partial charge in [0.15, 0.2) is 5.25 Å². The van der Waals surface area contributed by atoms with Gasteiger partial charge < -0.3 is 11.1 Å². The van der Waals surface area contributed by atoms with E-state index in [1.54, 1.807) is 18.2 Å². The molecule has 0 saturated carbocycles. The molecule has 1 aromatic rings. The van der Waals surface area contributed by atoms with Gasteiger partial charge in [0.25, 0.3) is 5.91 Å². The summed E-state index contributed by atoms with van der Waals surface area (Å²) in [5, 5.41) is 10.0. The van der Waals surface area contributed by atoms with E-state index >= 15 is 0 Å². The summed E-state index contributed by atoms with van der Waals surface area (Å²) in [4.78, 5) is 11.9. The molecule has 0 aliphatic heterocycles. The fraction of sp³-hybridized carbons (Fsp3) is 0.333. The average Bonchev–Trinajstić information content (AvgIpc) is 2.43. The predicted molar refractivity (Wildman–Crippen MR) is 75.4 cm³/mol. The molecule has 1 atom stereocenters. The largest absolute Gasteiger partial charge is 0.351 e. The predicted octanol–water partition coefficient (Wildman–Crippen LogP) is 0.0289. The number of amides is 1. The summed E-state index contributed by atoms with van der Waals surface area (Å²) in [7, 11) is -3.86. The van der Waals surface area contributed by atoms with Crippen LogP contribution in [-0.4, -0.2) is 32.7 Å². The van der Waals surface area contributed by atoms with E-state index in [2.05, 4.69) is 10.0 Å². The molecule has 1 aromatic carbocycles. The first-order chi connectivity index (χ1) is 9.42. The second kappa shape index (κ2) is 6.88. The minimum atomic E-state index is -3.86. The van der Waals surface area contributed by atoms with Crippen LogP contribution in [0.1, 0.15) is 17.3 Å². The molecule has 0 aliphatic carbocycles. The van der Waals surface area contributed by atoms with Crippen molar-refractivity contribution in [2.75, 3.05) is 17.8 Å². The highest BCUT2D eigenvalue weighted by Gasteiger charge is 2.22. The fourth-order valence-corrected chi connectivity index (χ4v) is 2.16. The zero-order chi connectivity index (χ0) is 15.2. The molecule has 0 saturated heterocycles. The molecular weight excluding hydrogens is 280 g/mol. The van der Waals surface area contributed by atoms with Gasteiger partial charge in [0.2, 0.25) is 10.0 Å². The molecule has 4 N–H and O–H groups in total. The molecule has 0 radical (unpaired) electrons. The number of carbonyl (C=O) groups excluding carboxylic acids is 1. The van der Waals surface area contributed by atoms with Gasteiger partial charge in [-0.25, -0.2) is 8.42 Å². The number of hydrogen-bond acceptors (Lipinski definition) is 5. The Bertz CT molecular complexity index is 622. The number of benzene rings is 1. The number of nitrogens with zero attached hydrogens (tertiary/aromatic N) is 1. The normalized spacial score (nSPS) is 12.2. The van der Waals surface area contributed by atoms with Crippen molar-refractivity contribution in [1.29, 1.82) is 5.26 Å². The molecule has 108 valence electrons. The number of nitriles is 1. The maximum absolute atomic E-state index is 11.9. The minimum Gasteiger partial charge on any atom is -0.351 e. The number of nitrogens with two attached hydrogens (primary N) is 1. The first-order valence-corrected chi connectivity index (χ1v) is 7.45. The summed E-state index contributed by atoms with van der Waals surface area (Å²) in [6.45, 7) is 1.83. The Kier molecular flexibility index (Phi) is 5.49.